The number of pyridine rings is 1. The number of nitrogens with zero attached hydrogens (tertiary/aromatic N) is 1. The average molecular weight is 739 g/mol. The number of carbonyl (C=O) groups excluding carboxylic acids is 2. The number of aliphatic imine (C=N–C) groups is 1. The molecular formula is C36H49F3N4O5S2. The first-order chi connectivity index (χ1) is 23.7. The summed E-state index contributed by atoms with van der Waals surface area (Å²) in [6.45, 7) is 11.6. The number of ether oxygens (including phenoxy) is 3. The number of amides is 2. The lowest BCUT2D eigenvalue weighted by atomic mass is 9.70. The van der Waals surface area contributed by atoms with E-state index in [2.05, 4.69) is 41.4 Å². The molecule has 1 saturated carbocycles. The van der Waals surface area contributed by atoms with Crippen molar-refractivity contribution in [2.45, 2.75) is 102 Å². The van der Waals surface area contributed by atoms with Gasteiger partial charge in [-0.05, 0) is 76.0 Å². The Kier molecular flexibility index (Phi) is 13.6. The number of benzene rings is 1. The molecule has 2 amide bonds. The van der Waals surface area contributed by atoms with Crippen LogP contribution in [0.25, 0.3) is 0 Å². The van der Waals surface area contributed by atoms with E-state index >= 15 is 0 Å². The third-order valence-corrected chi connectivity index (χ3v) is 10.9. The van der Waals surface area contributed by atoms with Crippen molar-refractivity contribution >= 4 is 52.9 Å². The number of fused-ring (bicyclic) bond motifs is 4. The minimum absolute atomic E-state index is 0.0870. The molecule has 3 aliphatic heterocycles. The maximum absolute atomic E-state index is 13.6. The first-order valence-electron chi connectivity index (χ1n) is 17.2. The Morgan fingerprint density at radius 2 is 1.86 bits per heavy atom. The standard InChI is InChI=1S/C26H27F3N4O4S2.C10H22O/c1-3-36-18-5-4-16-21(39-12-14(2)31-16)20(18)23(35)32-17-11-30-19(38)10-15(17)22(34)33-24-6-8-25(9-7-24,37-13-24)26(27,28)29;1-5-6-9(2)7-10(3)8-11-4/h4-5,10-11H,3,6-9,12-13H2,1-2H3,(H,30,38)(H,32,35)(H,33,34);9-10H,5-8H2,1-4H3. The van der Waals surface area contributed by atoms with Gasteiger partial charge in [-0.15, -0.1) is 11.8 Å². The molecule has 1 aliphatic carbocycles. The van der Waals surface area contributed by atoms with E-state index in [4.69, 9.17) is 26.4 Å². The number of thioether (sulfide) groups is 1. The zero-order valence-corrected chi connectivity index (χ0v) is 31.3. The smallest absolute Gasteiger partial charge is 0.417 e. The number of hydrogen-bond acceptors (Lipinski definition) is 8. The molecule has 2 saturated heterocycles. The van der Waals surface area contributed by atoms with Gasteiger partial charge in [0.25, 0.3) is 11.8 Å². The molecule has 1 aromatic carbocycles. The number of rotatable bonds is 12. The minimum Gasteiger partial charge on any atom is -0.493 e. The Hall–Kier alpha value is -2.94. The van der Waals surface area contributed by atoms with Gasteiger partial charge in [0, 0.05) is 36.3 Å². The number of methoxy groups -OCH3 is 1. The Labute approximate surface area is 301 Å². The summed E-state index contributed by atoms with van der Waals surface area (Å²) in [6.07, 6.45) is 0.728. The van der Waals surface area contributed by atoms with E-state index in [0.29, 0.717) is 34.3 Å². The van der Waals surface area contributed by atoms with Gasteiger partial charge < -0.3 is 29.8 Å². The summed E-state index contributed by atoms with van der Waals surface area (Å²) in [4.78, 5) is 35.1. The van der Waals surface area contributed by atoms with E-state index in [1.807, 2.05) is 13.8 Å². The van der Waals surface area contributed by atoms with Crippen molar-refractivity contribution < 1.29 is 37.0 Å². The molecule has 4 heterocycles. The molecule has 6 rings (SSSR count). The normalized spacial score (nSPS) is 22.3. The fourth-order valence-corrected chi connectivity index (χ4v) is 8.02. The van der Waals surface area contributed by atoms with Crippen molar-refractivity contribution in [3.05, 3.63) is 40.2 Å². The number of halogens is 3. The number of alkyl halides is 3. The van der Waals surface area contributed by atoms with Crippen LogP contribution in [0.2, 0.25) is 0 Å². The topological polar surface area (TPSA) is 114 Å². The molecule has 1 aromatic heterocycles. The van der Waals surface area contributed by atoms with Crippen LogP contribution in [0.15, 0.2) is 34.3 Å². The van der Waals surface area contributed by atoms with Crippen molar-refractivity contribution in [2.24, 2.45) is 16.8 Å². The molecule has 276 valence electrons. The van der Waals surface area contributed by atoms with Crippen molar-refractivity contribution in [3.63, 3.8) is 0 Å². The molecule has 0 spiro atoms. The number of H-pyrrole nitrogens is 1. The molecule has 0 radical (unpaired) electrons. The molecule has 2 atom stereocenters. The molecule has 2 unspecified atom stereocenters. The maximum Gasteiger partial charge on any atom is 0.417 e. The number of nitrogens with one attached hydrogen (secondary N) is 3. The highest BCUT2D eigenvalue weighted by molar-refractivity contribution is 8.00. The number of carbonyl (C=O) groups is 2. The van der Waals surface area contributed by atoms with E-state index in [1.165, 1.54) is 43.3 Å². The molecular weight excluding hydrogens is 690 g/mol. The first kappa shape index (κ1) is 39.8. The highest BCUT2D eigenvalue weighted by Crippen LogP contribution is 2.51. The van der Waals surface area contributed by atoms with E-state index in [1.54, 1.807) is 19.2 Å². The van der Waals surface area contributed by atoms with Gasteiger partial charge in [0.15, 0.2) is 5.60 Å². The molecule has 9 nitrogen and oxygen atoms in total. The maximum atomic E-state index is 13.6. The lowest BCUT2D eigenvalue weighted by Crippen LogP contribution is -2.66. The van der Waals surface area contributed by atoms with Crippen LogP contribution in [0.5, 0.6) is 5.75 Å². The Balaban J connectivity index is 0.000000442. The quantitative estimate of drug-likeness (QED) is 0.186. The van der Waals surface area contributed by atoms with Crippen molar-refractivity contribution in [2.75, 3.05) is 38.0 Å². The van der Waals surface area contributed by atoms with Crippen molar-refractivity contribution in [1.29, 1.82) is 0 Å². The van der Waals surface area contributed by atoms with Gasteiger partial charge in [-0.25, -0.2) is 0 Å². The van der Waals surface area contributed by atoms with E-state index in [0.717, 1.165) is 24.2 Å². The fourth-order valence-electron chi connectivity index (χ4n) is 6.82. The van der Waals surface area contributed by atoms with Gasteiger partial charge in [0.2, 0.25) is 0 Å². The number of aromatic nitrogens is 1. The second-order valence-electron chi connectivity index (χ2n) is 13.6. The molecule has 50 heavy (non-hydrogen) atoms. The van der Waals surface area contributed by atoms with Gasteiger partial charge in [-0.3, -0.25) is 14.6 Å². The summed E-state index contributed by atoms with van der Waals surface area (Å²) in [6, 6.07) is 4.91. The van der Waals surface area contributed by atoms with Gasteiger partial charge in [0.05, 0.1) is 41.3 Å². The van der Waals surface area contributed by atoms with Gasteiger partial charge in [0.1, 0.15) is 10.4 Å². The van der Waals surface area contributed by atoms with Crippen LogP contribution in [0, 0.1) is 16.5 Å². The number of anilines is 1. The third kappa shape index (κ3) is 9.48. The summed E-state index contributed by atoms with van der Waals surface area (Å²) < 4.78 is 57.0. The van der Waals surface area contributed by atoms with Crippen LogP contribution in [-0.4, -0.2) is 72.5 Å². The highest BCUT2D eigenvalue weighted by Gasteiger charge is 2.63. The third-order valence-electron chi connectivity index (χ3n) is 9.35. The molecule has 2 bridgehead atoms. The van der Waals surface area contributed by atoms with Crippen molar-refractivity contribution in [1.82, 2.24) is 10.3 Å². The predicted molar refractivity (Wildman–Crippen MR) is 194 cm³/mol. The van der Waals surface area contributed by atoms with Crippen LogP contribution >= 0.6 is 24.0 Å². The summed E-state index contributed by atoms with van der Waals surface area (Å²) in [5.74, 6) is 1.54. The second kappa shape index (κ2) is 17.1. The van der Waals surface area contributed by atoms with Gasteiger partial charge in [-0.2, -0.15) is 13.2 Å². The van der Waals surface area contributed by atoms with Crippen LogP contribution in [-0.2, 0) is 9.47 Å². The predicted octanol–water partition coefficient (Wildman–Crippen LogP) is 9.06. The number of hydrogen-bond donors (Lipinski definition) is 3. The van der Waals surface area contributed by atoms with E-state index in [-0.39, 0.29) is 48.2 Å². The molecule has 3 fully saturated rings. The minimum atomic E-state index is -4.47. The van der Waals surface area contributed by atoms with E-state index in [9.17, 15) is 22.8 Å². The zero-order chi connectivity index (χ0) is 36.7. The molecule has 4 aliphatic rings. The first-order valence-corrected chi connectivity index (χ1v) is 18.6. The monoisotopic (exact) mass is 738 g/mol. The highest BCUT2D eigenvalue weighted by atomic mass is 32.2. The molecule has 3 N–H and O–H groups in total. The summed E-state index contributed by atoms with van der Waals surface area (Å²) in [7, 11) is 1.78. The number of aromatic amines is 1. The Morgan fingerprint density at radius 3 is 2.46 bits per heavy atom. The van der Waals surface area contributed by atoms with Gasteiger partial charge >= 0.3 is 6.18 Å². The Bertz CT molecular complexity index is 1580. The van der Waals surface area contributed by atoms with Gasteiger partial charge in [-0.1, -0.05) is 45.8 Å². The summed E-state index contributed by atoms with van der Waals surface area (Å²) in [5.41, 5.74) is -0.935. The second-order valence-corrected chi connectivity index (χ2v) is 15.1. The average Bonchev–Trinajstić information content (AvgIpc) is 3.06. The van der Waals surface area contributed by atoms with Crippen molar-refractivity contribution in [3.8, 4) is 5.75 Å². The van der Waals surface area contributed by atoms with Crippen LogP contribution < -0.4 is 15.4 Å². The van der Waals surface area contributed by atoms with E-state index < -0.39 is 29.1 Å². The summed E-state index contributed by atoms with van der Waals surface area (Å²) >= 11 is 6.70. The molecule has 14 heteroatoms. The summed E-state index contributed by atoms with van der Waals surface area (Å²) in [5, 5.41) is 5.68. The molecule has 2 aromatic rings. The zero-order valence-electron chi connectivity index (χ0n) is 29.7. The SMILES string of the molecule is CCCC(C)CC(C)COC.CCOc1ccc2c(c1C(=O)Nc1c[nH]c(=S)cc1C(=O)NC13CCC(C(F)(F)F)(CC1)OC3)SCC(C)=N2. The lowest BCUT2D eigenvalue weighted by molar-refractivity contribution is -0.317. The largest absolute Gasteiger partial charge is 0.493 e. The lowest BCUT2D eigenvalue weighted by Gasteiger charge is -2.53. The van der Waals surface area contributed by atoms with Crippen LogP contribution in [0.3, 0.4) is 0 Å². The van der Waals surface area contributed by atoms with Crippen LogP contribution in [0.4, 0.5) is 24.5 Å². The fraction of sp³-hybridized carbons (Fsp3) is 0.611. The van der Waals surface area contributed by atoms with Crippen LogP contribution in [0.1, 0.15) is 100 Å². The Morgan fingerprint density at radius 1 is 1.14 bits per heavy atom.